The largest absolute Gasteiger partial charge is 0.278 e. The molecule has 4 nitrogen and oxygen atoms in total. The van der Waals surface area contributed by atoms with Gasteiger partial charge in [0.2, 0.25) is 5.95 Å². The zero-order valence-electron chi connectivity index (χ0n) is 17.8. The number of rotatable bonds is 5. The van der Waals surface area contributed by atoms with Crippen molar-refractivity contribution in [1.29, 1.82) is 0 Å². The lowest BCUT2D eigenvalue weighted by molar-refractivity contribution is 0.925. The molecule has 0 spiro atoms. The smallest absolute Gasteiger partial charge is 0.238 e. The Hall–Kier alpha value is -4.31. The first-order valence-corrected chi connectivity index (χ1v) is 10.6. The van der Waals surface area contributed by atoms with E-state index < -0.39 is 0 Å². The summed E-state index contributed by atoms with van der Waals surface area (Å²) in [6, 6.07) is 28.3. The van der Waals surface area contributed by atoms with Crippen molar-refractivity contribution in [3.63, 3.8) is 0 Å². The first kappa shape index (κ1) is 19.6. The molecule has 0 atom stereocenters. The van der Waals surface area contributed by atoms with Crippen molar-refractivity contribution in [2.24, 2.45) is 0 Å². The molecule has 0 unspecified atom stereocenters. The minimum Gasteiger partial charge on any atom is -0.278 e. The molecule has 0 N–H and O–H groups in total. The van der Waals surface area contributed by atoms with E-state index in [-0.39, 0.29) is 0 Å². The van der Waals surface area contributed by atoms with Crippen LogP contribution in [-0.4, -0.2) is 19.5 Å². The van der Waals surface area contributed by atoms with Gasteiger partial charge >= 0.3 is 0 Å². The van der Waals surface area contributed by atoms with Crippen LogP contribution in [0.25, 0.3) is 51.8 Å². The molecule has 32 heavy (non-hydrogen) atoms. The van der Waals surface area contributed by atoms with Crippen molar-refractivity contribution in [2.75, 3.05) is 0 Å². The lowest BCUT2D eigenvalue weighted by Crippen LogP contribution is -2.07. The van der Waals surface area contributed by atoms with Crippen LogP contribution >= 0.6 is 0 Å². The average molecular weight is 415 g/mol. The summed E-state index contributed by atoms with van der Waals surface area (Å²) in [7, 11) is 0. The van der Waals surface area contributed by atoms with Gasteiger partial charge in [-0.05, 0) is 19.1 Å². The van der Waals surface area contributed by atoms with E-state index in [9.17, 15) is 0 Å². The zero-order valence-corrected chi connectivity index (χ0v) is 17.8. The van der Waals surface area contributed by atoms with E-state index in [4.69, 9.17) is 15.0 Å². The van der Waals surface area contributed by atoms with E-state index in [1.807, 2.05) is 91.9 Å². The third-order valence-electron chi connectivity index (χ3n) is 5.37. The summed E-state index contributed by atoms with van der Waals surface area (Å²) >= 11 is 0. The van der Waals surface area contributed by atoms with Crippen molar-refractivity contribution in [1.82, 2.24) is 19.5 Å². The van der Waals surface area contributed by atoms with Crippen molar-refractivity contribution >= 4 is 23.1 Å². The Morgan fingerprint density at radius 1 is 0.719 bits per heavy atom. The summed E-state index contributed by atoms with van der Waals surface area (Å²) in [6.07, 6.45) is 5.99. The standard InChI is InChI=1S/C28H22N4/c1-3-13-24-22(4-2)23-18-11-12-19-25(23)32(24)28-30-26(20-14-7-5-8-15-20)29-27(31-28)21-16-9-6-10-17-21/h3-19H,2H2,1H3/b13-3-. The highest BCUT2D eigenvalue weighted by Gasteiger charge is 2.19. The van der Waals surface area contributed by atoms with Crippen LogP contribution < -0.4 is 0 Å². The van der Waals surface area contributed by atoms with Gasteiger partial charge in [0, 0.05) is 22.1 Å². The molecule has 0 fully saturated rings. The highest BCUT2D eigenvalue weighted by Crippen LogP contribution is 2.31. The molecule has 2 aromatic heterocycles. The second-order valence-corrected chi connectivity index (χ2v) is 7.37. The maximum Gasteiger partial charge on any atom is 0.238 e. The Balaban J connectivity index is 1.86. The minimum atomic E-state index is 0.579. The first-order valence-electron chi connectivity index (χ1n) is 10.6. The van der Waals surface area contributed by atoms with Crippen LogP contribution in [0.3, 0.4) is 0 Å². The van der Waals surface area contributed by atoms with Gasteiger partial charge in [0.15, 0.2) is 11.6 Å². The lowest BCUT2D eigenvalue weighted by Gasteiger charge is -2.11. The summed E-state index contributed by atoms with van der Waals surface area (Å²) in [6.45, 7) is 6.07. The number of fused-ring (bicyclic) bond motifs is 1. The molecule has 0 aliphatic heterocycles. The van der Waals surface area contributed by atoms with Crippen LogP contribution in [-0.2, 0) is 0 Å². The second-order valence-electron chi connectivity index (χ2n) is 7.37. The van der Waals surface area contributed by atoms with Crippen LogP contribution in [0.15, 0.2) is 97.6 Å². The molecule has 0 saturated carbocycles. The molecule has 0 aliphatic rings. The van der Waals surface area contributed by atoms with Gasteiger partial charge in [0.25, 0.3) is 0 Å². The van der Waals surface area contributed by atoms with Crippen LogP contribution in [0.2, 0.25) is 0 Å². The molecular weight excluding hydrogens is 392 g/mol. The highest BCUT2D eigenvalue weighted by molar-refractivity contribution is 5.95. The Bertz CT molecular complexity index is 1370. The van der Waals surface area contributed by atoms with Gasteiger partial charge in [-0.2, -0.15) is 9.97 Å². The van der Waals surface area contributed by atoms with Gasteiger partial charge in [-0.15, -0.1) is 0 Å². The number of nitrogens with zero attached hydrogens (tertiary/aromatic N) is 4. The van der Waals surface area contributed by atoms with Crippen LogP contribution in [0.5, 0.6) is 0 Å². The van der Waals surface area contributed by atoms with Crippen molar-refractivity contribution < 1.29 is 0 Å². The highest BCUT2D eigenvalue weighted by atomic mass is 15.2. The van der Waals surface area contributed by atoms with Gasteiger partial charge in [-0.1, -0.05) is 97.6 Å². The lowest BCUT2D eigenvalue weighted by atomic mass is 10.1. The summed E-state index contributed by atoms with van der Waals surface area (Å²) in [5.74, 6) is 1.85. The Kier molecular flexibility index (Phi) is 5.18. The SMILES string of the molecule is C=Cc1c(/C=C\C)n(-c2nc(-c3ccccc3)nc(-c3ccccc3)n2)c2ccccc12. The number of allylic oxidation sites excluding steroid dienone is 1. The van der Waals surface area contributed by atoms with E-state index in [0.717, 1.165) is 33.3 Å². The molecule has 5 rings (SSSR count). The van der Waals surface area contributed by atoms with E-state index >= 15 is 0 Å². The number of para-hydroxylation sites is 1. The molecular formula is C28H22N4. The molecule has 154 valence electrons. The predicted octanol–water partition coefficient (Wildman–Crippen LogP) is 6.83. The molecule has 0 amide bonds. The van der Waals surface area contributed by atoms with E-state index in [1.54, 1.807) is 0 Å². The van der Waals surface area contributed by atoms with E-state index in [1.165, 1.54) is 0 Å². The second kappa shape index (κ2) is 8.44. The molecule has 0 radical (unpaired) electrons. The van der Waals surface area contributed by atoms with E-state index in [0.29, 0.717) is 17.6 Å². The molecule has 4 heteroatoms. The van der Waals surface area contributed by atoms with Crippen molar-refractivity contribution in [2.45, 2.75) is 6.92 Å². The van der Waals surface area contributed by atoms with Crippen LogP contribution in [0.1, 0.15) is 18.2 Å². The third kappa shape index (κ3) is 3.42. The number of aromatic nitrogens is 4. The molecule has 0 bridgehead atoms. The van der Waals surface area contributed by atoms with E-state index in [2.05, 4.69) is 29.4 Å². The molecule has 2 heterocycles. The van der Waals surface area contributed by atoms with Crippen molar-refractivity contribution in [3.8, 4) is 28.7 Å². The fourth-order valence-electron chi connectivity index (χ4n) is 3.93. The van der Waals surface area contributed by atoms with Gasteiger partial charge in [-0.3, -0.25) is 4.57 Å². The number of hydrogen-bond acceptors (Lipinski definition) is 3. The molecule has 0 saturated heterocycles. The summed E-state index contributed by atoms with van der Waals surface area (Å²) in [5.41, 5.74) is 4.97. The number of benzene rings is 3. The first-order chi connectivity index (χ1) is 15.8. The topological polar surface area (TPSA) is 43.6 Å². The summed E-state index contributed by atoms with van der Waals surface area (Å²) in [4.78, 5) is 14.6. The minimum absolute atomic E-state index is 0.579. The molecule has 3 aromatic carbocycles. The quantitative estimate of drug-likeness (QED) is 0.317. The molecule has 5 aromatic rings. The maximum absolute atomic E-state index is 4.91. The van der Waals surface area contributed by atoms with Gasteiger partial charge in [0.1, 0.15) is 0 Å². The molecule has 0 aliphatic carbocycles. The summed E-state index contributed by atoms with van der Waals surface area (Å²) in [5, 5.41) is 1.11. The normalized spacial score (nSPS) is 11.3. The Labute approximate surface area is 187 Å². The Morgan fingerprint density at radius 2 is 1.28 bits per heavy atom. The van der Waals surface area contributed by atoms with Gasteiger partial charge in [0.05, 0.1) is 11.2 Å². The monoisotopic (exact) mass is 414 g/mol. The fourth-order valence-corrected chi connectivity index (χ4v) is 3.93. The predicted molar refractivity (Wildman–Crippen MR) is 132 cm³/mol. The third-order valence-corrected chi connectivity index (χ3v) is 5.37. The fraction of sp³-hybridized carbons (Fsp3) is 0.0357. The summed E-state index contributed by atoms with van der Waals surface area (Å²) < 4.78 is 2.09. The maximum atomic E-state index is 4.91. The van der Waals surface area contributed by atoms with Crippen LogP contribution in [0, 0.1) is 0 Å². The average Bonchev–Trinajstić information content (AvgIpc) is 3.18. The zero-order chi connectivity index (χ0) is 21.9. The van der Waals surface area contributed by atoms with Gasteiger partial charge in [-0.25, -0.2) is 4.98 Å². The number of hydrogen-bond donors (Lipinski definition) is 0. The van der Waals surface area contributed by atoms with Crippen LogP contribution in [0.4, 0.5) is 0 Å². The Morgan fingerprint density at radius 3 is 1.84 bits per heavy atom. The van der Waals surface area contributed by atoms with Gasteiger partial charge < -0.3 is 0 Å². The van der Waals surface area contributed by atoms with Crippen molar-refractivity contribution in [3.05, 3.63) is 109 Å².